The van der Waals surface area contributed by atoms with E-state index < -0.39 is 0 Å². The summed E-state index contributed by atoms with van der Waals surface area (Å²) in [6.07, 6.45) is 1.79. The van der Waals surface area contributed by atoms with E-state index in [4.69, 9.17) is 9.47 Å². The normalized spacial score (nSPS) is 25.3. The van der Waals surface area contributed by atoms with E-state index in [0.717, 1.165) is 12.7 Å². The van der Waals surface area contributed by atoms with Crippen molar-refractivity contribution in [3.63, 3.8) is 0 Å². The van der Waals surface area contributed by atoms with Gasteiger partial charge >= 0.3 is 0 Å². The Hall–Kier alpha value is -1.19. The van der Waals surface area contributed by atoms with E-state index in [1.165, 1.54) is 5.56 Å². The molecule has 0 amide bonds. The SMILES string of the molecule is O=CCC1COC(Cc2ccccc2)O1. The minimum atomic E-state index is -0.197. The van der Waals surface area contributed by atoms with Crippen LogP contribution in [0.1, 0.15) is 12.0 Å². The molecule has 0 radical (unpaired) electrons. The maximum Gasteiger partial charge on any atom is 0.162 e. The van der Waals surface area contributed by atoms with Crippen molar-refractivity contribution in [2.75, 3.05) is 6.61 Å². The van der Waals surface area contributed by atoms with Gasteiger partial charge in [-0.25, -0.2) is 0 Å². The van der Waals surface area contributed by atoms with E-state index in [9.17, 15) is 4.79 Å². The molecule has 2 rings (SSSR count). The molecular weight excluding hydrogens is 192 g/mol. The predicted octanol–water partition coefficient (Wildman–Crippen LogP) is 1.56. The highest BCUT2D eigenvalue weighted by Gasteiger charge is 2.25. The number of ether oxygens (including phenoxy) is 2. The molecule has 80 valence electrons. The second-order valence-electron chi connectivity index (χ2n) is 3.61. The summed E-state index contributed by atoms with van der Waals surface area (Å²) in [4.78, 5) is 10.3. The van der Waals surface area contributed by atoms with Crippen LogP contribution >= 0.6 is 0 Å². The van der Waals surface area contributed by atoms with Crippen LogP contribution in [0.5, 0.6) is 0 Å². The number of carbonyl (C=O) groups is 1. The molecule has 0 aromatic heterocycles. The maximum absolute atomic E-state index is 10.3. The zero-order chi connectivity index (χ0) is 10.5. The first kappa shape index (κ1) is 10.3. The number of benzene rings is 1. The quantitative estimate of drug-likeness (QED) is 0.701. The summed E-state index contributed by atoms with van der Waals surface area (Å²) in [5.74, 6) is 0. The van der Waals surface area contributed by atoms with E-state index in [2.05, 4.69) is 0 Å². The average molecular weight is 206 g/mol. The fraction of sp³-hybridized carbons (Fsp3) is 0.417. The van der Waals surface area contributed by atoms with Crippen LogP contribution in [-0.4, -0.2) is 25.3 Å². The first-order chi connectivity index (χ1) is 7.38. The van der Waals surface area contributed by atoms with Crippen molar-refractivity contribution in [1.29, 1.82) is 0 Å². The number of hydrogen-bond acceptors (Lipinski definition) is 3. The molecule has 3 nitrogen and oxygen atoms in total. The summed E-state index contributed by atoms with van der Waals surface area (Å²) < 4.78 is 11.0. The molecule has 2 atom stereocenters. The van der Waals surface area contributed by atoms with Gasteiger partial charge in [0.15, 0.2) is 6.29 Å². The van der Waals surface area contributed by atoms with Crippen molar-refractivity contribution in [2.45, 2.75) is 25.2 Å². The van der Waals surface area contributed by atoms with Crippen LogP contribution in [0.25, 0.3) is 0 Å². The second-order valence-corrected chi connectivity index (χ2v) is 3.61. The minimum Gasteiger partial charge on any atom is -0.350 e. The molecule has 1 aliphatic rings. The number of hydrogen-bond donors (Lipinski definition) is 0. The van der Waals surface area contributed by atoms with Crippen molar-refractivity contribution in [3.8, 4) is 0 Å². The molecule has 3 heteroatoms. The van der Waals surface area contributed by atoms with Crippen LogP contribution in [-0.2, 0) is 20.7 Å². The molecule has 1 heterocycles. The van der Waals surface area contributed by atoms with Crippen molar-refractivity contribution in [2.24, 2.45) is 0 Å². The highest BCUT2D eigenvalue weighted by Crippen LogP contribution is 2.17. The van der Waals surface area contributed by atoms with Gasteiger partial charge in [0.25, 0.3) is 0 Å². The molecule has 2 unspecified atom stereocenters. The molecule has 1 aliphatic heterocycles. The first-order valence-electron chi connectivity index (χ1n) is 5.13. The Kier molecular flexibility index (Phi) is 3.48. The third-order valence-corrected chi connectivity index (χ3v) is 2.42. The number of aldehydes is 1. The summed E-state index contributed by atoms with van der Waals surface area (Å²) in [7, 11) is 0. The van der Waals surface area contributed by atoms with Crippen LogP contribution in [0.15, 0.2) is 30.3 Å². The zero-order valence-corrected chi connectivity index (χ0v) is 8.46. The predicted molar refractivity (Wildman–Crippen MR) is 55.4 cm³/mol. The summed E-state index contributed by atoms with van der Waals surface area (Å²) in [6.45, 7) is 0.524. The van der Waals surface area contributed by atoms with Crippen molar-refractivity contribution in [1.82, 2.24) is 0 Å². The fourth-order valence-corrected chi connectivity index (χ4v) is 1.65. The van der Waals surface area contributed by atoms with Crippen molar-refractivity contribution < 1.29 is 14.3 Å². The largest absolute Gasteiger partial charge is 0.350 e. The van der Waals surface area contributed by atoms with Crippen molar-refractivity contribution in [3.05, 3.63) is 35.9 Å². The lowest BCUT2D eigenvalue weighted by Gasteiger charge is -2.09. The second kappa shape index (κ2) is 5.05. The smallest absolute Gasteiger partial charge is 0.162 e. The Morgan fingerprint density at radius 3 is 2.87 bits per heavy atom. The van der Waals surface area contributed by atoms with E-state index >= 15 is 0 Å². The topological polar surface area (TPSA) is 35.5 Å². The van der Waals surface area contributed by atoms with E-state index in [1.807, 2.05) is 30.3 Å². The van der Waals surface area contributed by atoms with E-state index in [-0.39, 0.29) is 12.4 Å². The van der Waals surface area contributed by atoms with Gasteiger partial charge in [0, 0.05) is 12.8 Å². The molecule has 0 N–H and O–H groups in total. The molecule has 0 saturated carbocycles. The van der Waals surface area contributed by atoms with Gasteiger partial charge in [0.1, 0.15) is 6.29 Å². The van der Waals surface area contributed by atoms with Crippen LogP contribution in [0.4, 0.5) is 0 Å². The standard InChI is InChI=1S/C12H14O3/c13-7-6-11-9-14-12(15-11)8-10-4-2-1-3-5-10/h1-5,7,11-12H,6,8-9H2. The zero-order valence-electron chi connectivity index (χ0n) is 8.46. The fourth-order valence-electron chi connectivity index (χ4n) is 1.65. The van der Waals surface area contributed by atoms with Gasteiger partial charge in [-0.05, 0) is 5.56 Å². The highest BCUT2D eigenvalue weighted by molar-refractivity contribution is 5.50. The molecule has 1 saturated heterocycles. The Morgan fingerprint density at radius 2 is 2.13 bits per heavy atom. The van der Waals surface area contributed by atoms with Gasteiger partial charge < -0.3 is 14.3 Å². The van der Waals surface area contributed by atoms with Crippen LogP contribution in [0.3, 0.4) is 0 Å². The Morgan fingerprint density at radius 1 is 1.33 bits per heavy atom. The van der Waals surface area contributed by atoms with Crippen molar-refractivity contribution >= 4 is 6.29 Å². The molecule has 1 aromatic carbocycles. The Labute approximate surface area is 89.0 Å². The van der Waals surface area contributed by atoms with Gasteiger partial charge in [-0.3, -0.25) is 0 Å². The lowest BCUT2D eigenvalue weighted by atomic mass is 10.1. The molecule has 1 aromatic rings. The summed E-state index contributed by atoms with van der Waals surface area (Å²) in [6, 6.07) is 10.1. The summed E-state index contributed by atoms with van der Waals surface area (Å²) >= 11 is 0. The van der Waals surface area contributed by atoms with E-state index in [0.29, 0.717) is 13.0 Å². The summed E-state index contributed by atoms with van der Waals surface area (Å²) in [5, 5.41) is 0. The van der Waals surface area contributed by atoms with Gasteiger partial charge in [-0.2, -0.15) is 0 Å². The monoisotopic (exact) mass is 206 g/mol. The molecule has 0 bridgehead atoms. The number of carbonyl (C=O) groups excluding carboxylic acids is 1. The highest BCUT2D eigenvalue weighted by atomic mass is 16.7. The van der Waals surface area contributed by atoms with Gasteiger partial charge in [-0.1, -0.05) is 30.3 Å². The third-order valence-electron chi connectivity index (χ3n) is 2.42. The van der Waals surface area contributed by atoms with Gasteiger partial charge in [0.2, 0.25) is 0 Å². The summed E-state index contributed by atoms with van der Waals surface area (Å²) in [5.41, 5.74) is 1.19. The van der Waals surface area contributed by atoms with Gasteiger partial charge in [-0.15, -0.1) is 0 Å². The Bertz CT molecular complexity index is 310. The molecular formula is C12H14O3. The lowest BCUT2D eigenvalue weighted by Crippen LogP contribution is -2.14. The van der Waals surface area contributed by atoms with Crippen LogP contribution in [0, 0.1) is 0 Å². The number of rotatable bonds is 4. The minimum absolute atomic E-state index is 0.0591. The average Bonchev–Trinajstić information content (AvgIpc) is 2.68. The molecule has 0 spiro atoms. The molecule has 0 aliphatic carbocycles. The maximum atomic E-state index is 10.3. The molecule has 1 fully saturated rings. The first-order valence-corrected chi connectivity index (χ1v) is 5.13. The van der Waals surface area contributed by atoms with E-state index in [1.54, 1.807) is 0 Å². The Balaban J connectivity index is 1.85. The van der Waals surface area contributed by atoms with Gasteiger partial charge in [0.05, 0.1) is 12.7 Å². The lowest BCUT2D eigenvalue weighted by molar-refractivity contribution is -0.110. The van der Waals surface area contributed by atoms with Crippen LogP contribution in [0.2, 0.25) is 0 Å². The molecule has 15 heavy (non-hydrogen) atoms. The third kappa shape index (κ3) is 2.88. The van der Waals surface area contributed by atoms with Crippen LogP contribution < -0.4 is 0 Å².